The van der Waals surface area contributed by atoms with Crippen LogP contribution in [0, 0.1) is 10.1 Å². The number of hydrogen-bond acceptors (Lipinski definition) is 5. The second-order valence-corrected chi connectivity index (χ2v) is 5.13. The van der Waals surface area contributed by atoms with Gasteiger partial charge < -0.3 is 24.5 Å². The van der Waals surface area contributed by atoms with E-state index in [4.69, 9.17) is 4.74 Å². The van der Waals surface area contributed by atoms with Gasteiger partial charge in [0.1, 0.15) is 24.7 Å². The van der Waals surface area contributed by atoms with Crippen LogP contribution in [-0.4, -0.2) is 32.3 Å². The number of fused-ring (bicyclic) bond motifs is 1. The Kier molecular flexibility index (Phi) is 4.20. The lowest BCUT2D eigenvalue weighted by atomic mass is 10.1. The van der Waals surface area contributed by atoms with Gasteiger partial charge in [0.05, 0.1) is 6.54 Å². The number of imidazole rings is 1. The molecule has 0 spiro atoms. The molecule has 23 heavy (non-hydrogen) atoms. The van der Waals surface area contributed by atoms with Crippen molar-refractivity contribution >= 4 is 16.6 Å². The second kappa shape index (κ2) is 6.45. The summed E-state index contributed by atoms with van der Waals surface area (Å²) in [6.07, 6.45) is 1.79. The SMILES string of the molecule is O=[N+]([O-])c1cn(C[C@H](O)COc2cccc3ccccc23)cn1. The molecular formula is C16H15N3O4. The zero-order valence-corrected chi connectivity index (χ0v) is 12.2. The third kappa shape index (κ3) is 3.46. The summed E-state index contributed by atoms with van der Waals surface area (Å²) in [5, 5.41) is 22.7. The fourth-order valence-electron chi connectivity index (χ4n) is 2.35. The molecule has 1 heterocycles. The molecule has 0 saturated heterocycles. The van der Waals surface area contributed by atoms with Gasteiger partial charge in [0, 0.05) is 5.39 Å². The first-order valence-corrected chi connectivity index (χ1v) is 7.08. The molecule has 0 aliphatic heterocycles. The van der Waals surface area contributed by atoms with Crippen molar-refractivity contribution in [1.29, 1.82) is 0 Å². The van der Waals surface area contributed by atoms with E-state index < -0.39 is 11.0 Å². The minimum absolute atomic E-state index is 0.0833. The van der Waals surface area contributed by atoms with Gasteiger partial charge in [-0.3, -0.25) is 0 Å². The Morgan fingerprint density at radius 2 is 2.04 bits per heavy atom. The average Bonchev–Trinajstić information content (AvgIpc) is 3.01. The standard InChI is InChI=1S/C16H15N3O4/c20-13(8-18-9-16(17-11-18)19(21)22)10-23-15-7-3-5-12-4-1-2-6-14(12)15/h1-7,9,11,13,20H,8,10H2/t13-/m0/s1. The van der Waals surface area contributed by atoms with Crippen molar-refractivity contribution in [2.24, 2.45) is 0 Å². The molecular weight excluding hydrogens is 298 g/mol. The molecule has 0 unspecified atom stereocenters. The number of nitrogens with zero attached hydrogens (tertiary/aromatic N) is 3. The fraction of sp³-hybridized carbons (Fsp3) is 0.188. The van der Waals surface area contributed by atoms with E-state index in [1.807, 2.05) is 42.5 Å². The van der Waals surface area contributed by atoms with Gasteiger partial charge in [-0.2, -0.15) is 0 Å². The summed E-state index contributed by atoms with van der Waals surface area (Å²) in [7, 11) is 0. The summed E-state index contributed by atoms with van der Waals surface area (Å²) in [4.78, 5) is 13.6. The Balaban J connectivity index is 1.63. The normalized spacial score (nSPS) is 12.2. The molecule has 0 amide bonds. The molecule has 0 saturated carbocycles. The first-order valence-electron chi connectivity index (χ1n) is 7.08. The molecule has 1 aromatic heterocycles. The van der Waals surface area contributed by atoms with E-state index in [9.17, 15) is 15.2 Å². The van der Waals surface area contributed by atoms with E-state index >= 15 is 0 Å². The number of nitro groups is 1. The molecule has 0 aliphatic rings. The number of benzene rings is 2. The van der Waals surface area contributed by atoms with Crippen LogP contribution in [0.2, 0.25) is 0 Å². The maximum Gasteiger partial charge on any atom is 0.381 e. The predicted octanol–water partition coefficient (Wildman–Crippen LogP) is 2.38. The zero-order chi connectivity index (χ0) is 16.2. The molecule has 0 aliphatic carbocycles. The molecule has 0 radical (unpaired) electrons. The number of aliphatic hydroxyl groups is 1. The van der Waals surface area contributed by atoms with E-state index in [-0.39, 0.29) is 19.0 Å². The van der Waals surface area contributed by atoms with Crippen LogP contribution in [0.3, 0.4) is 0 Å². The Bertz CT molecular complexity index is 826. The van der Waals surface area contributed by atoms with Crippen molar-refractivity contribution in [3.63, 3.8) is 0 Å². The molecule has 3 rings (SSSR count). The minimum Gasteiger partial charge on any atom is -0.490 e. The van der Waals surface area contributed by atoms with Gasteiger partial charge in [0.15, 0.2) is 0 Å². The van der Waals surface area contributed by atoms with Gasteiger partial charge in [-0.05, 0) is 21.4 Å². The summed E-state index contributed by atoms with van der Waals surface area (Å²) >= 11 is 0. The smallest absolute Gasteiger partial charge is 0.381 e. The number of aliphatic hydroxyl groups excluding tert-OH is 1. The highest BCUT2D eigenvalue weighted by molar-refractivity contribution is 5.88. The van der Waals surface area contributed by atoms with E-state index in [1.54, 1.807) is 0 Å². The molecule has 7 heteroatoms. The predicted molar refractivity (Wildman–Crippen MR) is 84.3 cm³/mol. The lowest BCUT2D eigenvalue weighted by Crippen LogP contribution is -2.23. The van der Waals surface area contributed by atoms with Crippen molar-refractivity contribution < 1.29 is 14.8 Å². The first kappa shape index (κ1) is 15.0. The highest BCUT2D eigenvalue weighted by Crippen LogP contribution is 2.25. The number of ether oxygens (including phenoxy) is 1. The summed E-state index contributed by atoms with van der Waals surface area (Å²) in [6, 6.07) is 13.5. The molecule has 3 aromatic rings. The first-order chi connectivity index (χ1) is 11.1. The monoisotopic (exact) mass is 313 g/mol. The number of hydrogen-bond donors (Lipinski definition) is 1. The highest BCUT2D eigenvalue weighted by atomic mass is 16.6. The van der Waals surface area contributed by atoms with Crippen LogP contribution in [0.4, 0.5) is 5.82 Å². The van der Waals surface area contributed by atoms with Gasteiger partial charge in [-0.25, -0.2) is 0 Å². The molecule has 2 aromatic carbocycles. The van der Waals surface area contributed by atoms with E-state index in [0.29, 0.717) is 5.75 Å². The van der Waals surface area contributed by atoms with Crippen molar-refractivity contribution in [2.45, 2.75) is 12.6 Å². The maximum atomic E-state index is 10.6. The third-order valence-corrected chi connectivity index (χ3v) is 3.41. The summed E-state index contributed by atoms with van der Waals surface area (Å²) < 4.78 is 7.16. The lowest BCUT2D eigenvalue weighted by Gasteiger charge is -2.13. The van der Waals surface area contributed by atoms with Crippen LogP contribution in [0.5, 0.6) is 5.75 Å². The van der Waals surface area contributed by atoms with Gasteiger partial charge in [-0.1, -0.05) is 36.4 Å². The molecule has 7 nitrogen and oxygen atoms in total. The van der Waals surface area contributed by atoms with Gasteiger partial charge in [0.2, 0.25) is 6.33 Å². The second-order valence-electron chi connectivity index (χ2n) is 5.13. The van der Waals surface area contributed by atoms with Gasteiger partial charge in [0.25, 0.3) is 0 Å². The average molecular weight is 313 g/mol. The summed E-state index contributed by atoms with van der Waals surface area (Å²) in [5.41, 5.74) is 0. The lowest BCUT2D eigenvalue weighted by molar-refractivity contribution is -0.389. The molecule has 0 bridgehead atoms. The fourth-order valence-corrected chi connectivity index (χ4v) is 2.35. The van der Waals surface area contributed by atoms with Crippen LogP contribution >= 0.6 is 0 Å². The van der Waals surface area contributed by atoms with Crippen LogP contribution in [0.1, 0.15) is 0 Å². The molecule has 1 atom stereocenters. The number of rotatable bonds is 6. The largest absolute Gasteiger partial charge is 0.490 e. The van der Waals surface area contributed by atoms with Crippen molar-refractivity contribution in [1.82, 2.24) is 9.55 Å². The quantitative estimate of drug-likeness (QED) is 0.557. The highest BCUT2D eigenvalue weighted by Gasteiger charge is 2.13. The van der Waals surface area contributed by atoms with Crippen molar-refractivity contribution in [3.05, 3.63) is 65.1 Å². The summed E-state index contributed by atoms with van der Waals surface area (Å²) in [5.74, 6) is 0.450. The zero-order valence-electron chi connectivity index (χ0n) is 12.2. The topological polar surface area (TPSA) is 90.4 Å². The van der Waals surface area contributed by atoms with Crippen molar-refractivity contribution in [2.75, 3.05) is 6.61 Å². The van der Waals surface area contributed by atoms with Crippen LogP contribution in [0.25, 0.3) is 10.8 Å². The molecule has 118 valence electrons. The third-order valence-electron chi connectivity index (χ3n) is 3.41. The molecule has 0 fully saturated rings. The maximum absolute atomic E-state index is 10.6. The van der Waals surface area contributed by atoms with E-state index in [1.165, 1.54) is 17.1 Å². The molecule has 1 N–H and O–H groups in total. The Morgan fingerprint density at radius 3 is 2.83 bits per heavy atom. The van der Waals surface area contributed by atoms with Crippen LogP contribution < -0.4 is 4.74 Å². The van der Waals surface area contributed by atoms with Gasteiger partial charge in [-0.15, -0.1) is 0 Å². The van der Waals surface area contributed by atoms with Crippen LogP contribution in [0.15, 0.2) is 55.0 Å². The summed E-state index contributed by atoms with van der Waals surface area (Å²) in [6.45, 7) is 0.256. The van der Waals surface area contributed by atoms with E-state index in [0.717, 1.165) is 10.8 Å². The Labute approximate surface area is 131 Å². The Morgan fingerprint density at radius 1 is 1.26 bits per heavy atom. The van der Waals surface area contributed by atoms with Gasteiger partial charge >= 0.3 is 5.82 Å². The number of aromatic nitrogens is 2. The minimum atomic E-state index is -0.803. The van der Waals surface area contributed by atoms with E-state index in [2.05, 4.69) is 4.98 Å². The van der Waals surface area contributed by atoms with Crippen molar-refractivity contribution in [3.8, 4) is 5.75 Å². The Hall–Kier alpha value is -2.93. The van der Waals surface area contributed by atoms with Crippen LogP contribution in [-0.2, 0) is 6.54 Å².